The number of rotatable bonds is 1. The van der Waals surface area contributed by atoms with E-state index in [1.165, 1.54) is 13.8 Å². The van der Waals surface area contributed by atoms with Crippen molar-refractivity contribution in [3.63, 3.8) is 0 Å². The highest BCUT2D eigenvalue weighted by molar-refractivity contribution is 7.93. The van der Waals surface area contributed by atoms with Gasteiger partial charge >= 0.3 is 6.18 Å². The largest absolute Gasteiger partial charge is 0.417 e. The summed E-state index contributed by atoms with van der Waals surface area (Å²) < 4.78 is 63.1. The number of amides is 1. The molecule has 0 radical (unpaired) electrons. The van der Waals surface area contributed by atoms with Crippen molar-refractivity contribution >= 4 is 21.7 Å². The van der Waals surface area contributed by atoms with Crippen molar-refractivity contribution in [2.75, 3.05) is 0 Å². The van der Waals surface area contributed by atoms with Gasteiger partial charge in [0.15, 0.2) is 15.8 Å². The van der Waals surface area contributed by atoms with Gasteiger partial charge in [-0.2, -0.15) is 18.2 Å². The monoisotopic (exact) mass is 349 g/mol. The van der Waals surface area contributed by atoms with E-state index in [4.69, 9.17) is 11.5 Å². The van der Waals surface area contributed by atoms with Crippen molar-refractivity contribution in [2.45, 2.75) is 36.1 Å². The van der Waals surface area contributed by atoms with Gasteiger partial charge in [-0.05, 0) is 38.0 Å². The Hall–Kier alpha value is -2.10. The van der Waals surface area contributed by atoms with Crippen LogP contribution in [-0.4, -0.2) is 25.0 Å². The number of alkyl halides is 3. The van der Waals surface area contributed by atoms with Crippen LogP contribution in [0.5, 0.6) is 0 Å². The summed E-state index contributed by atoms with van der Waals surface area (Å²) in [5.41, 5.74) is 7.87. The first-order valence-electron chi connectivity index (χ1n) is 6.40. The van der Waals surface area contributed by atoms with Gasteiger partial charge in [0, 0.05) is 0 Å². The van der Waals surface area contributed by atoms with Crippen LogP contribution in [0.2, 0.25) is 0 Å². The summed E-state index contributed by atoms with van der Waals surface area (Å²) in [6, 6.07) is 1.38. The molecule has 1 heterocycles. The summed E-state index contributed by atoms with van der Waals surface area (Å²) in [5.74, 6) is -2.06. The van der Waals surface area contributed by atoms with Gasteiger partial charge in [-0.15, -0.1) is 0 Å². The normalized spacial score (nSPS) is 18.3. The second-order valence-corrected chi connectivity index (χ2v) is 8.34. The molecule has 0 saturated carbocycles. The molecule has 0 saturated heterocycles. The zero-order chi connectivity index (χ0) is 17.8. The van der Waals surface area contributed by atoms with E-state index in [1.54, 1.807) is 0 Å². The molecule has 1 aliphatic rings. The zero-order valence-electron chi connectivity index (χ0n) is 12.2. The second kappa shape index (κ2) is 4.95. The highest BCUT2D eigenvalue weighted by Gasteiger charge is 2.46. The number of hydrogen-bond donors (Lipinski definition) is 2. The molecule has 6 nitrogen and oxygen atoms in total. The van der Waals surface area contributed by atoms with Gasteiger partial charge in [0.2, 0.25) is 0 Å². The van der Waals surface area contributed by atoms with E-state index in [0.29, 0.717) is 12.1 Å². The first-order chi connectivity index (χ1) is 10.3. The Bertz CT molecular complexity index is 823. The first kappa shape index (κ1) is 17.3. The van der Waals surface area contributed by atoms with Gasteiger partial charge in [-0.25, -0.2) is 8.42 Å². The van der Waals surface area contributed by atoms with E-state index in [1.807, 2.05) is 0 Å². The lowest BCUT2D eigenvalue weighted by Gasteiger charge is -2.15. The molecule has 1 amide bonds. The number of carbonyl (C=O) groups excluding carboxylic acids is 1. The molecule has 2 rings (SSSR count). The smallest absolute Gasteiger partial charge is 0.370 e. The van der Waals surface area contributed by atoms with Gasteiger partial charge in [0.1, 0.15) is 0 Å². The fourth-order valence-electron chi connectivity index (χ4n) is 2.45. The van der Waals surface area contributed by atoms with E-state index < -0.39 is 43.8 Å². The zero-order valence-corrected chi connectivity index (χ0v) is 13.0. The molecule has 4 N–H and O–H groups in total. The van der Waals surface area contributed by atoms with E-state index in [0.717, 1.165) is 0 Å². The molecule has 0 aliphatic carbocycles. The quantitative estimate of drug-likeness (QED) is 0.584. The molecule has 0 atom stereocenters. The standard InChI is InChI=1S/C13H14F3N3O3S/c1-12(2)5-6-3-8(13(14,15)16)7(10(20)19-11(17)18)4-9(6)23(12,21)22/h3-4H,5H2,1-2H3,(H4,17,18,19,20). The maximum Gasteiger partial charge on any atom is 0.417 e. The number of benzene rings is 1. The highest BCUT2D eigenvalue weighted by Crippen LogP contribution is 2.43. The van der Waals surface area contributed by atoms with Crippen molar-refractivity contribution in [1.29, 1.82) is 0 Å². The van der Waals surface area contributed by atoms with E-state index in [2.05, 4.69) is 4.99 Å². The number of halogens is 3. The number of carbonyl (C=O) groups is 1. The number of nitrogens with two attached hydrogens (primary N) is 2. The molecule has 1 aromatic rings. The molecule has 0 unspecified atom stereocenters. The highest BCUT2D eigenvalue weighted by atomic mass is 32.2. The number of guanidine groups is 1. The topological polar surface area (TPSA) is 116 Å². The third kappa shape index (κ3) is 2.78. The minimum Gasteiger partial charge on any atom is -0.370 e. The van der Waals surface area contributed by atoms with Gasteiger partial charge in [0.05, 0.1) is 20.8 Å². The maximum atomic E-state index is 13.2. The summed E-state index contributed by atoms with van der Waals surface area (Å²) in [6.45, 7) is 2.82. The fraction of sp³-hybridized carbons (Fsp3) is 0.385. The molecule has 0 aromatic heterocycles. The second-order valence-electron chi connectivity index (χ2n) is 5.79. The molecule has 1 aliphatic heterocycles. The average molecular weight is 349 g/mol. The Morgan fingerprint density at radius 1 is 1.26 bits per heavy atom. The number of nitrogens with zero attached hydrogens (tertiary/aromatic N) is 1. The number of fused-ring (bicyclic) bond motifs is 1. The third-order valence-corrected chi connectivity index (χ3v) is 6.16. The van der Waals surface area contributed by atoms with Crippen molar-refractivity contribution in [2.24, 2.45) is 16.5 Å². The number of sulfone groups is 1. The van der Waals surface area contributed by atoms with Crippen molar-refractivity contribution in [3.05, 3.63) is 28.8 Å². The van der Waals surface area contributed by atoms with Gasteiger partial charge in [0.25, 0.3) is 5.91 Å². The summed E-state index contributed by atoms with van der Waals surface area (Å²) in [5, 5.41) is 0. The molecule has 126 valence electrons. The molecule has 0 spiro atoms. The van der Waals surface area contributed by atoms with Gasteiger partial charge in [-0.3, -0.25) is 4.79 Å². The predicted octanol–water partition coefficient (Wildman–Crippen LogP) is 1.23. The van der Waals surface area contributed by atoms with Crippen LogP contribution in [0, 0.1) is 0 Å². The number of hydrogen-bond acceptors (Lipinski definition) is 3. The van der Waals surface area contributed by atoms with Crippen LogP contribution in [0.25, 0.3) is 0 Å². The van der Waals surface area contributed by atoms with Crippen LogP contribution < -0.4 is 11.5 Å². The minimum absolute atomic E-state index is 0.0172. The molecule has 1 aromatic carbocycles. The van der Waals surface area contributed by atoms with Crippen LogP contribution in [0.4, 0.5) is 13.2 Å². The van der Waals surface area contributed by atoms with Gasteiger partial charge in [-0.1, -0.05) is 0 Å². The Balaban J connectivity index is 2.79. The Labute approximate surface area is 130 Å². The Kier molecular flexibility index (Phi) is 3.71. The summed E-state index contributed by atoms with van der Waals surface area (Å²) in [7, 11) is -3.86. The average Bonchev–Trinajstić information content (AvgIpc) is 2.52. The lowest BCUT2D eigenvalue weighted by Crippen LogP contribution is -2.28. The third-order valence-electron chi connectivity index (χ3n) is 3.60. The Morgan fingerprint density at radius 2 is 1.83 bits per heavy atom. The lowest BCUT2D eigenvalue weighted by molar-refractivity contribution is -0.138. The molecular weight excluding hydrogens is 335 g/mol. The first-order valence-corrected chi connectivity index (χ1v) is 7.88. The fourth-order valence-corrected chi connectivity index (χ4v) is 4.14. The van der Waals surface area contributed by atoms with E-state index in [-0.39, 0.29) is 16.9 Å². The van der Waals surface area contributed by atoms with Crippen molar-refractivity contribution < 1.29 is 26.4 Å². The molecule has 10 heteroatoms. The van der Waals surface area contributed by atoms with Crippen molar-refractivity contribution in [1.82, 2.24) is 0 Å². The number of aliphatic imine (C=N–C) groups is 1. The van der Waals surface area contributed by atoms with E-state index >= 15 is 0 Å². The van der Waals surface area contributed by atoms with Crippen LogP contribution >= 0.6 is 0 Å². The Morgan fingerprint density at radius 3 is 2.30 bits per heavy atom. The summed E-state index contributed by atoms with van der Waals surface area (Å²) >= 11 is 0. The predicted molar refractivity (Wildman–Crippen MR) is 76.6 cm³/mol. The maximum absolute atomic E-state index is 13.2. The van der Waals surface area contributed by atoms with Crippen molar-refractivity contribution in [3.8, 4) is 0 Å². The van der Waals surface area contributed by atoms with Crippen LogP contribution in [0.15, 0.2) is 22.0 Å². The van der Waals surface area contributed by atoms with Gasteiger partial charge < -0.3 is 11.5 Å². The summed E-state index contributed by atoms with van der Waals surface area (Å²) in [4.78, 5) is 14.6. The van der Waals surface area contributed by atoms with Crippen LogP contribution in [-0.2, 0) is 22.4 Å². The molecule has 0 fully saturated rings. The van der Waals surface area contributed by atoms with Crippen LogP contribution in [0.1, 0.15) is 35.3 Å². The molecule has 0 bridgehead atoms. The summed E-state index contributed by atoms with van der Waals surface area (Å²) in [6.07, 6.45) is -4.93. The lowest BCUT2D eigenvalue weighted by atomic mass is 9.97. The van der Waals surface area contributed by atoms with Crippen LogP contribution in [0.3, 0.4) is 0 Å². The minimum atomic E-state index is -4.85. The molecule has 23 heavy (non-hydrogen) atoms. The molecular formula is C13H14F3N3O3S. The SMILES string of the molecule is CC1(C)Cc2cc(C(F)(F)F)c(C(=O)N=C(N)N)cc2S1(=O)=O. The van der Waals surface area contributed by atoms with E-state index in [9.17, 15) is 26.4 Å².